The Balaban J connectivity index is 2.21. The molecule has 1 atom stereocenters. The summed E-state index contributed by atoms with van der Waals surface area (Å²) >= 11 is 0. The number of amides is 2. The molecule has 0 saturated heterocycles. The van der Waals surface area contributed by atoms with Crippen LogP contribution >= 0.6 is 0 Å². The van der Waals surface area contributed by atoms with Crippen molar-refractivity contribution in [2.45, 2.75) is 45.4 Å². The van der Waals surface area contributed by atoms with E-state index in [-0.39, 0.29) is 11.8 Å². The fourth-order valence-corrected chi connectivity index (χ4v) is 2.24. The molecule has 21 heavy (non-hydrogen) atoms. The second-order valence-electron chi connectivity index (χ2n) is 5.15. The molecule has 0 fully saturated rings. The monoisotopic (exact) mass is 292 g/mol. The molecule has 0 aliphatic rings. The maximum absolute atomic E-state index is 11.8. The summed E-state index contributed by atoms with van der Waals surface area (Å²) in [4.78, 5) is 22.8. The van der Waals surface area contributed by atoms with Crippen LogP contribution in [0.15, 0.2) is 30.3 Å². The first-order valence-corrected chi connectivity index (χ1v) is 7.43. The molecule has 1 unspecified atom stereocenters. The van der Waals surface area contributed by atoms with E-state index < -0.39 is 0 Å². The molecule has 0 radical (unpaired) electrons. The molecule has 0 aromatic heterocycles. The average molecular weight is 292 g/mol. The summed E-state index contributed by atoms with van der Waals surface area (Å²) in [5.74, 6) is 0.0752. The second kappa shape index (κ2) is 9.94. The molecule has 116 valence electrons. The highest BCUT2D eigenvalue weighted by atomic mass is 16.5. The molecular weight excluding hydrogens is 268 g/mol. The summed E-state index contributed by atoms with van der Waals surface area (Å²) in [6, 6.07) is 9.40. The number of hydrogen-bond donors (Lipinski definition) is 3. The maximum Gasteiger partial charge on any atom is 0.243 e. The number of benzene rings is 1. The molecule has 0 spiro atoms. The molecule has 1 aromatic rings. The summed E-state index contributed by atoms with van der Waals surface area (Å²) in [6.07, 6.45) is 4.24. The zero-order valence-electron chi connectivity index (χ0n) is 12.5. The van der Waals surface area contributed by atoms with Crippen LogP contribution in [0.2, 0.25) is 0 Å². The molecule has 0 saturated carbocycles. The lowest BCUT2D eigenvalue weighted by Crippen LogP contribution is -2.19. The van der Waals surface area contributed by atoms with E-state index in [1.165, 1.54) is 0 Å². The number of para-hydroxylation sites is 1. The van der Waals surface area contributed by atoms with Crippen molar-refractivity contribution in [2.75, 3.05) is 5.32 Å². The van der Waals surface area contributed by atoms with Crippen molar-refractivity contribution in [1.29, 1.82) is 0 Å². The van der Waals surface area contributed by atoms with Crippen molar-refractivity contribution in [3.05, 3.63) is 30.3 Å². The van der Waals surface area contributed by atoms with Crippen LogP contribution in [0.4, 0.5) is 5.69 Å². The summed E-state index contributed by atoms with van der Waals surface area (Å²) in [5, 5.41) is 11.3. The van der Waals surface area contributed by atoms with Gasteiger partial charge < -0.3 is 5.32 Å². The van der Waals surface area contributed by atoms with Crippen molar-refractivity contribution < 1.29 is 14.8 Å². The molecule has 0 aliphatic carbocycles. The van der Waals surface area contributed by atoms with Crippen molar-refractivity contribution in [1.82, 2.24) is 5.48 Å². The zero-order chi connectivity index (χ0) is 15.5. The highest BCUT2D eigenvalue weighted by Crippen LogP contribution is 2.18. The molecule has 3 N–H and O–H groups in total. The third-order valence-electron chi connectivity index (χ3n) is 3.56. The second-order valence-corrected chi connectivity index (χ2v) is 5.15. The van der Waals surface area contributed by atoms with E-state index in [2.05, 4.69) is 12.2 Å². The molecular formula is C16H24N2O3. The summed E-state index contributed by atoms with van der Waals surface area (Å²) in [5.41, 5.74) is 2.46. The Kier molecular flexibility index (Phi) is 8.12. The van der Waals surface area contributed by atoms with E-state index in [0.717, 1.165) is 31.4 Å². The van der Waals surface area contributed by atoms with Gasteiger partial charge in [0.2, 0.25) is 11.8 Å². The first kappa shape index (κ1) is 17.2. The van der Waals surface area contributed by atoms with Gasteiger partial charge in [-0.05, 0) is 37.3 Å². The average Bonchev–Trinajstić information content (AvgIpc) is 2.51. The van der Waals surface area contributed by atoms with Gasteiger partial charge in [-0.2, -0.15) is 0 Å². The zero-order valence-corrected chi connectivity index (χ0v) is 12.5. The molecule has 0 aliphatic heterocycles. The molecule has 5 heteroatoms. The third kappa shape index (κ3) is 7.46. The van der Waals surface area contributed by atoms with Gasteiger partial charge in [0.05, 0.1) is 0 Å². The molecule has 2 amide bonds. The highest BCUT2D eigenvalue weighted by Gasteiger charge is 2.10. The van der Waals surface area contributed by atoms with Crippen LogP contribution in [0.1, 0.15) is 45.4 Å². The molecule has 1 aromatic carbocycles. The quantitative estimate of drug-likeness (QED) is 0.483. The number of carbonyl (C=O) groups is 2. The number of carbonyl (C=O) groups excluding carboxylic acids is 2. The number of nitrogens with one attached hydrogen (secondary N) is 2. The van der Waals surface area contributed by atoms with E-state index in [1.54, 1.807) is 5.48 Å². The van der Waals surface area contributed by atoms with Crippen molar-refractivity contribution in [2.24, 2.45) is 5.92 Å². The van der Waals surface area contributed by atoms with Crippen molar-refractivity contribution >= 4 is 17.5 Å². The number of anilines is 1. The Labute approximate surface area is 125 Å². The van der Waals surface area contributed by atoms with Crippen molar-refractivity contribution in [3.63, 3.8) is 0 Å². The van der Waals surface area contributed by atoms with Gasteiger partial charge >= 0.3 is 0 Å². The normalized spacial score (nSPS) is 11.7. The SMILES string of the molecule is CCC(CCCC(=O)Nc1ccccc1)CCC(=O)NO. The van der Waals surface area contributed by atoms with E-state index >= 15 is 0 Å². The van der Waals surface area contributed by atoms with E-state index in [1.807, 2.05) is 30.3 Å². The van der Waals surface area contributed by atoms with Gasteiger partial charge in [0, 0.05) is 18.5 Å². The van der Waals surface area contributed by atoms with Crippen LogP contribution in [0, 0.1) is 5.92 Å². The fraction of sp³-hybridized carbons (Fsp3) is 0.500. The van der Waals surface area contributed by atoms with Crippen LogP contribution in [0.25, 0.3) is 0 Å². The van der Waals surface area contributed by atoms with Gasteiger partial charge in [0.1, 0.15) is 0 Å². The van der Waals surface area contributed by atoms with Gasteiger partial charge in [0.15, 0.2) is 0 Å². The van der Waals surface area contributed by atoms with Gasteiger partial charge in [-0.3, -0.25) is 14.8 Å². The largest absolute Gasteiger partial charge is 0.326 e. The highest BCUT2D eigenvalue weighted by molar-refractivity contribution is 5.90. The van der Waals surface area contributed by atoms with Crippen LogP contribution < -0.4 is 10.8 Å². The number of hydroxylamine groups is 1. The predicted octanol–water partition coefficient (Wildman–Crippen LogP) is 3.11. The summed E-state index contributed by atoms with van der Waals surface area (Å²) in [7, 11) is 0. The minimum absolute atomic E-state index is 0.0177. The van der Waals surface area contributed by atoms with Crippen LogP contribution in [-0.4, -0.2) is 17.0 Å². The van der Waals surface area contributed by atoms with Crippen LogP contribution in [0.5, 0.6) is 0 Å². The first-order valence-electron chi connectivity index (χ1n) is 7.43. The van der Waals surface area contributed by atoms with Gasteiger partial charge in [-0.15, -0.1) is 0 Å². The predicted molar refractivity (Wildman–Crippen MR) is 81.9 cm³/mol. The third-order valence-corrected chi connectivity index (χ3v) is 3.56. The van der Waals surface area contributed by atoms with E-state index in [9.17, 15) is 9.59 Å². The Morgan fingerprint density at radius 3 is 2.43 bits per heavy atom. The van der Waals surface area contributed by atoms with Gasteiger partial charge in [-0.1, -0.05) is 31.5 Å². The topological polar surface area (TPSA) is 78.4 Å². The standard InChI is InChI=1S/C16H24N2O3/c1-2-13(11-12-16(20)18-21)7-6-10-15(19)17-14-8-4-3-5-9-14/h3-5,8-9,13,21H,2,6-7,10-12H2,1H3,(H,17,19)(H,18,20). The Bertz CT molecular complexity index is 434. The van der Waals surface area contributed by atoms with E-state index in [4.69, 9.17) is 5.21 Å². The fourth-order valence-electron chi connectivity index (χ4n) is 2.24. The molecule has 5 nitrogen and oxygen atoms in total. The molecule has 0 heterocycles. The minimum atomic E-state index is -0.352. The lowest BCUT2D eigenvalue weighted by atomic mass is 9.94. The summed E-state index contributed by atoms with van der Waals surface area (Å²) in [6.45, 7) is 2.07. The van der Waals surface area contributed by atoms with Crippen molar-refractivity contribution in [3.8, 4) is 0 Å². The van der Waals surface area contributed by atoms with Gasteiger partial charge in [0.25, 0.3) is 0 Å². The first-order chi connectivity index (χ1) is 10.2. The van der Waals surface area contributed by atoms with E-state index in [0.29, 0.717) is 18.8 Å². The minimum Gasteiger partial charge on any atom is -0.326 e. The lowest BCUT2D eigenvalue weighted by molar-refractivity contribution is -0.129. The molecule has 0 bridgehead atoms. The molecule has 1 rings (SSSR count). The van der Waals surface area contributed by atoms with Crippen LogP contribution in [0.3, 0.4) is 0 Å². The number of hydrogen-bond acceptors (Lipinski definition) is 3. The Morgan fingerprint density at radius 2 is 1.81 bits per heavy atom. The lowest BCUT2D eigenvalue weighted by Gasteiger charge is -2.13. The smallest absolute Gasteiger partial charge is 0.243 e. The Morgan fingerprint density at radius 1 is 1.10 bits per heavy atom. The summed E-state index contributed by atoms with van der Waals surface area (Å²) < 4.78 is 0. The van der Waals surface area contributed by atoms with Gasteiger partial charge in [-0.25, -0.2) is 5.48 Å². The number of rotatable bonds is 9. The van der Waals surface area contributed by atoms with Crippen LogP contribution in [-0.2, 0) is 9.59 Å². The maximum atomic E-state index is 11.8. The Hall–Kier alpha value is -1.88.